The second-order valence-corrected chi connectivity index (χ2v) is 8.74. The van der Waals surface area contributed by atoms with Gasteiger partial charge in [-0.25, -0.2) is 0 Å². The molecule has 0 aliphatic heterocycles. The summed E-state index contributed by atoms with van der Waals surface area (Å²) in [5, 5.41) is 41.1. The normalized spacial score (nSPS) is 44.9. The summed E-state index contributed by atoms with van der Waals surface area (Å²) in [4.78, 5) is 0. The maximum absolute atomic E-state index is 10.9. The van der Waals surface area contributed by atoms with Crippen LogP contribution in [0.4, 0.5) is 0 Å². The van der Waals surface area contributed by atoms with Gasteiger partial charge in [-0.1, -0.05) is 18.1 Å². The van der Waals surface area contributed by atoms with E-state index < -0.39 is 12.4 Å². The van der Waals surface area contributed by atoms with E-state index in [-0.39, 0.29) is 29.1 Å². The number of hydrogen-bond donors (Lipinski definition) is 4. The fraction of sp³-hybridized carbons (Fsp3) is 0.800. The zero-order chi connectivity index (χ0) is 17.9. The Kier molecular flexibility index (Phi) is 4.17. The fourth-order valence-electron chi connectivity index (χ4n) is 6.20. The quantitative estimate of drug-likeness (QED) is 0.454. The molecular weight excluding hydrogens is 320 g/mol. The van der Waals surface area contributed by atoms with Gasteiger partial charge < -0.3 is 25.2 Å². The summed E-state index contributed by atoms with van der Waals surface area (Å²) >= 11 is 0. The third kappa shape index (κ3) is 2.63. The lowest BCUT2D eigenvalue weighted by molar-refractivity contribution is -0.0973. The highest BCUT2D eigenvalue weighted by Gasteiger charge is 2.58. The van der Waals surface area contributed by atoms with Gasteiger partial charge >= 0.3 is 0 Å². The zero-order valence-corrected chi connectivity index (χ0v) is 15.1. The van der Waals surface area contributed by atoms with Crippen LogP contribution in [0.5, 0.6) is 0 Å². The molecule has 5 heteroatoms. The molecule has 140 valence electrons. The molecule has 0 aromatic heterocycles. The third-order valence-electron chi connectivity index (χ3n) is 7.24. The molecule has 1 fully saturated rings. The molecule has 4 aliphatic carbocycles. The first-order valence-corrected chi connectivity index (χ1v) is 9.65. The minimum atomic E-state index is -0.948. The minimum Gasteiger partial charge on any atom is -0.509 e. The Hall–Kier alpha value is -1.04. The van der Waals surface area contributed by atoms with E-state index >= 15 is 0 Å². The summed E-state index contributed by atoms with van der Waals surface area (Å²) < 4.78 is 5.59. The molecule has 4 aliphatic rings. The topological polar surface area (TPSA) is 90.2 Å². The first-order chi connectivity index (χ1) is 11.8. The van der Waals surface area contributed by atoms with E-state index in [4.69, 9.17) is 4.74 Å². The summed E-state index contributed by atoms with van der Waals surface area (Å²) in [6.07, 6.45) is 3.82. The van der Waals surface area contributed by atoms with E-state index in [1.807, 2.05) is 0 Å². The summed E-state index contributed by atoms with van der Waals surface area (Å²) in [5.74, 6) is 1.36. The second-order valence-electron chi connectivity index (χ2n) is 8.74. The smallest absolute Gasteiger partial charge is 0.194 e. The highest BCUT2D eigenvalue weighted by molar-refractivity contribution is 5.32. The van der Waals surface area contributed by atoms with Crippen molar-refractivity contribution in [3.63, 3.8) is 0 Å². The molecule has 0 heterocycles. The van der Waals surface area contributed by atoms with Crippen molar-refractivity contribution in [2.24, 2.45) is 23.2 Å². The van der Waals surface area contributed by atoms with Crippen molar-refractivity contribution < 1.29 is 25.2 Å². The lowest BCUT2D eigenvalue weighted by atomic mass is 9.53. The molecule has 4 N–H and O–H groups in total. The molecule has 0 spiro atoms. The van der Waals surface area contributed by atoms with Crippen LogP contribution in [0.15, 0.2) is 22.7 Å². The summed E-state index contributed by atoms with van der Waals surface area (Å²) in [6, 6.07) is 0. The van der Waals surface area contributed by atoms with Gasteiger partial charge in [-0.2, -0.15) is 0 Å². The first-order valence-electron chi connectivity index (χ1n) is 9.65. The summed E-state index contributed by atoms with van der Waals surface area (Å²) in [5.41, 5.74) is 2.41. The predicted molar refractivity (Wildman–Crippen MR) is 92.4 cm³/mol. The van der Waals surface area contributed by atoms with Crippen molar-refractivity contribution in [3.05, 3.63) is 22.7 Å². The SMILES string of the molecule is CC(O)OC1=C(O)CC2C3C(CC[C@]12C)C1=C(C[C@@H](O)CC1)C[C@@H]3O. The maximum Gasteiger partial charge on any atom is 0.194 e. The highest BCUT2D eigenvalue weighted by atomic mass is 16.6. The molecule has 4 rings (SSSR count). The van der Waals surface area contributed by atoms with E-state index in [0.29, 0.717) is 30.9 Å². The largest absolute Gasteiger partial charge is 0.509 e. The molecule has 0 amide bonds. The Labute approximate surface area is 149 Å². The number of rotatable bonds is 2. The first kappa shape index (κ1) is 17.4. The molecule has 0 aromatic carbocycles. The minimum absolute atomic E-state index is 0.116. The Bertz CT molecular complexity index is 622. The van der Waals surface area contributed by atoms with Gasteiger partial charge in [0.2, 0.25) is 0 Å². The molecule has 0 bridgehead atoms. The van der Waals surface area contributed by atoms with Crippen LogP contribution in [0.2, 0.25) is 0 Å². The van der Waals surface area contributed by atoms with Crippen molar-refractivity contribution >= 4 is 0 Å². The maximum atomic E-state index is 10.9. The van der Waals surface area contributed by atoms with Gasteiger partial charge in [0.1, 0.15) is 11.5 Å². The van der Waals surface area contributed by atoms with E-state index in [9.17, 15) is 20.4 Å². The van der Waals surface area contributed by atoms with Crippen LogP contribution in [-0.4, -0.2) is 38.9 Å². The van der Waals surface area contributed by atoms with Crippen LogP contribution in [-0.2, 0) is 4.74 Å². The standard InChI is InChI=1S/C20H30O5/c1-10(21)25-19-17(24)9-15-18-14(5-6-20(15,19)2)13-4-3-12(22)7-11(13)8-16(18)23/h10,12,14-16,18,21-24H,3-9H2,1-2H3/t10?,12-,14?,15?,16-,18?,20-/m0/s1. The number of aliphatic hydroxyl groups is 4. The van der Waals surface area contributed by atoms with Gasteiger partial charge in [0.15, 0.2) is 6.29 Å². The number of ether oxygens (including phenoxy) is 1. The van der Waals surface area contributed by atoms with Gasteiger partial charge in [0, 0.05) is 11.8 Å². The summed E-state index contributed by atoms with van der Waals surface area (Å²) in [7, 11) is 0. The van der Waals surface area contributed by atoms with Crippen LogP contribution in [0.1, 0.15) is 58.8 Å². The van der Waals surface area contributed by atoms with Crippen molar-refractivity contribution in [1.29, 1.82) is 0 Å². The fourth-order valence-corrected chi connectivity index (χ4v) is 6.20. The van der Waals surface area contributed by atoms with Gasteiger partial charge in [-0.15, -0.1) is 0 Å². The van der Waals surface area contributed by atoms with Crippen LogP contribution < -0.4 is 0 Å². The van der Waals surface area contributed by atoms with Crippen molar-refractivity contribution in [1.82, 2.24) is 0 Å². The molecular formula is C20H30O5. The van der Waals surface area contributed by atoms with Crippen molar-refractivity contribution in [2.45, 2.75) is 77.3 Å². The molecule has 5 nitrogen and oxygen atoms in total. The number of hydrogen-bond acceptors (Lipinski definition) is 5. The number of allylic oxidation sites excluding steroid dienone is 3. The van der Waals surface area contributed by atoms with Crippen LogP contribution in [0.3, 0.4) is 0 Å². The second kappa shape index (κ2) is 6.00. The molecule has 1 saturated carbocycles. The average molecular weight is 350 g/mol. The molecule has 4 unspecified atom stereocenters. The lowest BCUT2D eigenvalue weighted by Gasteiger charge is -2.52. The van der Waals surface area contributed by atoms with E-state index in [2.05, 4.69) is 6.92 Å². The average Bonchev–Trinajstić information content (AvgIpc) is 2.78. The van der Waals surface area contributed by atoms with Crippen LogP contribution in [0, 0.1) is 23.2 Å². The van der Waals surface area contributed by atoms with Gasteiger partial charge in [-0.05, 0) is 63.2 Å². The lowest BCUT2D eigenvalue weighted by Crippen LogP contribution is -2.49. The summed E-state index contributed by atoms with van der Waals surface area (Å²) in [6.45, 7) is 3.67. The van der Waals surface area contributed by atoms with Gasteiger partial charge in [0.05, 0.1) is 12.2 Å². The van der Waals surface area contributed by atoms with Gasteiger partial charge in [0.25, 0.3) is 0 Å². The molecule has 25 heavy (non-hydrogen) atoms. The number of fused-ring (bicyclic) bond motifs is 4. The molecule has 0 aromatic rings. The molecule has 0 radical (unpaired) electrons. The van der Waals surface area contributed by atoms with Crippen LogP contribution >= 0.6 is 0 Å². The predicted octanol–water partition coefficient (Wildman–Crippen LogP) is 2.77. The van der Waals surface area contributed by atoms with Crippen molar-refractivity contribution in [3.8, 4) is 0 Å². The third-order valence-corrected chi connectivity index (χ3v) is 7.24. The van der Waals surface area contributed by atoms with E-state index in [1.165, 1.54) is 11.1 Å². The highest BCUT2D eigenvalue weighted by Crippen LogP contribution is 2.62. The van der Waals surface area contributed by atoms with Gasteiger partial charge in [-0.3, -0.25) is 0 Å². The Morgan fingerprint density at radius 1 is 1.16 bits per heavy atom. The Morgan fingerprint density at radius 2 is 1.92 bits per heavy atom. The van der Waals surface area contributed by atoms with Crippen LogP contribution in [0.25, 0.3) is 0 Å². The number of aliphatic hydroxyl groups excluding tert-OH is 4. The molecule has 7 atom stereocenters. The monoisotopic (exact) mass is 350 g/mol. The Morgan fingerprint density at radius 3 is 2.64 bits per heavy atom. The van der Waals surface area contributed by atoms with E-state index in [1.54, 1.807) is 6.92 Å². The Balaban J connectivity index is 1.66. The zero-order valence-electron chi connectivity index (χ0n) is 15.1. The van der Waals surface area contributed by atoms with Crippen molar-refractivity contribution in [2.75, 3.05) is 0 Å². The van der Waals surface area contributed by atoms with E-state index in [0.717, 1.165) is 25.7 Å². The molecule has 0 saturated heterocycles.